The van der Waals surface area contributed by atoms with Gasteiger partial charge in [0, 0.05) is 26.9 Å². The first-order valence-corrected chi connectivity index (χ1v) is 18.7. The molecule has 2 aromatic heterocycles. The van der Waals surface area contributed by atoms with Crippen molar-refractivity contribution in [1.29, 1.82) is 0 Å². The van der Waals surface area contributed by atoms with E-state index in [-0.39, 0.29) is 13.2 Å². The molecule has 0 saturated heterocycles. The molecule has 4 aromatic carbocycles. The number of aliphatic hydroxyl groups excluding tert-OH is 1. The highest BCUT2D eigenvalue weighted by Crippen LogP contribution is 2.29. The zero-order valence-corrected chi connectivity index (χ0v) is 30.7. The summed E-state index contributed by atoms with van der Waals surface area (Å²) in [5.41, 5.74) is 9.17. The number of aryl methyl sites for hydroxylation is 4. The molecule has 0 radical (unpaired) electrons. The molecule has 10 nitrogen and oxygen atoms in total. The fourth-order valence-electron chi connectivity index (χ4n) is 5.05. The van der Waals surface area contributed by atoms with Crippen LogP contribution < -0.4 is 10.6 Å². The summed E-state index contributed by atoms with van der Waals surface area (Å²) >= 11 is 6.82. The predicted molar refractivity (Wildman–Crippen MR) is 197 cm³/mol. The summed E-state index contributed by atoms with van der Waals surface area (Å²) in [6.45, 7) is 4.35. The van der Waals surface area contributed by atoms with Crippen molar-refractivity contribution in [2.45, 2.75) is 39.5 Å². The number of hydrogen-bond acceptors (Lipinski definition) is 10. The topological polar surface area (TPSA) is 140 Å². The lowest BCUT2D eigenvalue weighted by molar-refractivity contribution is 0.288. The molecule has 0 aliphatic heterocycles. The number of nitrogens with zero attached hydrogens (tertiary/aromatic N) is 2. The molecule has 0 saturated carbocycles. The molecule has 6 aromatic rings. The minimum atomic E-state index is -3.41. The van der Waals surface area contributed by atoms with Gasteiger partial charge in [-0.1, -0.05) is 44.0 Å². The summed E-state index contributed by atoms with van der Waals surface area (Å²) < 4.78 is 40.7. The second kappa shape index (κ2) is 16.1. The number of hydrogen-bond donors (Lipinski definition) is 3. The molecule has 0 spiro atoms. The van der Waals surface area contributed by atoms with Gasteiger partial charge in [-0.25, -0.2) is 0 Å². The minimum Gasteiger partial charge on any atom is -0.423 e. The van der Waals surface area contributed by atoms with E-state index in [1.807, 2.05) is 80.6 Å². The van der Waals surface area contributed by atoms with E-state index in [0.29, 0.717) is 36.9 Å². The highest BCUT2D eigenvalue weighted by molar-refractivity contribution is 9.10. The van der Waals surface area contributed by atoms with Gasteiger partial charge in [0.15, 0.2) is 11.2 Å². The normalized spacial score (nSPS) is 11.5. The summed E-state index contributed by atoms with van der Waals surface area (Å²) in [7, 11) is -3.41. The summed E-state index contributed by atoms with van der Waals surface area (Å²) in [4.78, 5) is 9.01. The Morgan fingerprint density at radius 3 is 1.58 bits per heavy atom. The second-order valence-electron chi connectivity index (χ2n) is 11.3. The van der Waals surface area contributed by atoms with Gasteiger partial charge in [0.05, 0.1) is 12.9 Å². The van der Waals surface area contributed by atoms with Crippen molar-refractivity contribution in [3.63, 3.8) is 0 Å². The average molecular weight is 801 g/mol. The van der Waals surface area contributed by atoms with Gasteiger partial charge >= 0.3 is 0 Å². The van der Waals surface area contributed by atoms with Crippen LogP contribution in [-0.2, 0) is 27.1 Å². The van der Waals surface area contributed by atoms with E-state index in [0.717, 1.165) is 71.9 Å². The van der Waals surface area contributed by atoms with Crippen LogP contribution in [0.4, 0.5) is 23.4 Å². The molecule has 13 heteroatoms. The maximum absolute atomic E-state index is 11.0. The minimum absolute atomic E-state index is 0.145. The Morgan fingerprint density at radius 1 is 0.729 bits per heavy atom. The quantitative estimate of drug-likeness (QED) is 0.0811. The van der Waals surface area contributed by atoms with Crippen LogP contribution >= 0.6 is 31.9 Å². The second-order valence-corrected chi connectivity index (χ2v) is 14.8. The van der Waals surface area contributed by atoms with Crippen molar-refractivity contribution < 1.29 is 26.5 Å². The molecule has 252 valence electrons. The molecule has 3 N–H and O–H groups in total. The lowest BCUT2D eigenvalue weighted by Crippen LogP contribution is -2.05. The van der Waals surface area contributed by atoms with Crippen LogP contribution in [0.25, 0.3) is 22.2 Å². The lowest BCUT2D eigenvalue weighted by Gasteiger charge is -2.04. The number of oxazole rings is 2. The Hall–Kier alpha value is -3.75. The molecule has 0 atom stereocenters. The molecule has 0 aliphatic carbocycles. The number of benzene rings is 4. The highest BCUT2D eigenvalue weighted by Gasteiger charge is 2.13. The summed E-state index contributed by atoms with van der Waals surface area (Å²) in [5, 5.41) is 15.4. The Bertz CT molecular complexity index is 2100. The van der Waals surface area contributed by atoms with Gasteiger partial charge < -0.3 is 24.6 Å². The van der Waals surface area contributed by atoms with Crippen molar-refractivity contribution in [1.82, 2.24) is 9.97 Å². The third-order valence-corrected chi connectivity index (χ3v) is 8.76. The van der Waals surface area contributed by atoms with Gasteiger partial charge in [0.1, 0.15) is 11.0 Å². The van der Waals surface area contributed by atoms with Gasteiger partial charge in [-0.3, -0.25) is 4.18 Å². The average Bonchev–Trinajstić information content (AvgIpc) is 3.63. The molecule has 0 aliphatic rings. The number of aliphatic hydroxyl groups is 1. The van der Waals surface area contributed by atoms with E-state index in [9.17, 15) is 8.42 Å². The fraction of sp³-hybridized carbons (Fsp3) is 0.257. The first-order chi connectivity index (χ1) is 23.0. The zero-order valence-electron chi connectivity index (χ0n) is 26.7. The van der Waals surface area contributed by atoms with E-state index in [1.165, 1.54) is 0 Å². The van der Waals surface area contributed by atoms with Crippen molar-refractivity contribution in [3.8, 4) is 0 Å². The van der Waals surface area contributed by atoms with Crippen LogP contribution in [0.5, 0.6) is 0 Å². The summed E-state index contributed by atoms with van der Waals surface area (Å²) in [5.74, 6) is 0. The van der Waals surface area contributed by atoms with Crippen molar-refractivity contribution in [3.05, 3.63) is 104 Å². The Balaban J connectivity index is 0.000000190. The van der Waals surface area contributed by atoms with Crippen molar-refractivity contribution in [2.24, 2.45) is 0 Å². The molecular weight excluding hydrogens is 764 g/mol. The lowest BCUT2D eigenvalue weighted by atomic mass is 10.1. The third kappa shape index (κ3) is 10.1. The number of rotatable bonds is 12. The number of aromatic nitrogens is 2. The van der Waals surface area contributed by atoms with E-state index in [2.05, 4.69) is 58.5 Å². The molecule has 0 amide bonds. The molecule has 0 unspecified atom stereocenters. The summed E-state index contributed by atoms with van der Waals surface area (Å²) in [6.07, 6.45) is 3.76. The first kappa shape index (κ1) is 35.6. The zero-order chi connectivity index (χ0) is 34.3. The van der Waals surface area contributed by atoms with Crippen LogP contribution in [0, 0.1) is 13.8 Å². The van der Waals surface area contributed by atoms with Crippen LogP contribution in [0.15, 0.2) is 90.6 Å². The van der Waals surface area contributed by atoms with Gasteiger partial charge in [-0.05, 0) is 122 Å². The Kier molecular flexibility index (Phi) is 11.9. The Morgan fingerprint density at radius 2 is 1.17 bits per heavy atom. The van der Waals surface area contributed by atoms with Gasteiger partial charge in [0.2, 0.25) is 0 Å². The van der Waals surface area contributed by atoms with Crippen molar-refractivity contribution >= 4 is 87.6 Å². The molecule has 0 bridgehead atoms. The smallest absolute Gasteiger partial charge is 0.300 e. The fourth-order valence-corrected chi connectivity index (χ4v) is 6.00. The monoisotopic (exact) mass is 798 g/mol. The maximum Gasteiger partial charge on any atom is 0.300 e. The molecule has 6 rings (SSSR count). The SMILES string of the molecule is Cc1cc(CCCO)c2oc(Nc3ccc(Br)cc3)nc2c1.Cc1cc(CCCOS(C)(=O)=O)c2oc(Nc3ccc(Br)cc3)nc2c1. The summed E-state index contributed by atoms with van der Waals surface area (Å²) in [6, 6.07) is 24.5. The van der Waals surface area contributed by atoms with E-state index in [4.69, 9.17) is 18.1 Å². The van der Waals surface area contributed by atoms with Crippen LogP contribution in [0.2, 0.25) is 0 Å². The highest BCUT2D eigenvalue weighted by atomic mass is 79.9. The van der Waals surface area contributed by atoms with Crippen LogP contribution in [0.3, 0.4) is 0 Å². The molecule has 2 heterocycles. The van der Waals surface area contributed by atoms with E-state index in [1.54, 1.807) is 0 Å². The van der Waals surface area contributed by atoms with E-state index < -0.39 is 10.1 Å². The predicted octanol–water partition coefficient (Wildman–Crippen LogP) is 9.12. The Labute approximate surface area is 296 Å². The number of anilines is 4. The molecule has 48 heavy (non-hydrogen) atoms. The molecular formula is C35H36Br2N4O6S. The number of fused-ring (bicyclic) bond motifs is 2. The van der Waals surface area contributed by atoms with Crippen molar-refractivity contribution in [2.75, 3.05) is 30.1 Å². The van der Waals surface area contributed by atoms with Gasteiger partial charge in [-0.15, -0.1) is 0 Å². The maximum atomic E-state index is 11.0. The first-order valence-electron chi connectivity index (χ1n) is 15.3. The number of nitrogens with one attached hydrogen (secondary N) is 2. The van der Waals surface area contributed by atoms with Crippen LogP contribution in [0.1, 0.15) is 35.1 Å². The van der Waals surface area contributed by atoms with Crippen LogP contribution in [-0.4, -0.2) is 43.0 Å². The van der Waals surface area contributed by atoms with Gasteiger partial charge in [-0.2, -0.15) is 18.4 Å². The third-order valence-electron chi connectivity index (χ3n) is 7.11. The molecule has 0 fully saturated rings. The van der Waals surface area contributed by atoms with E-state index >= 15 is 0 Å². The largest absolute Gasteiger partial charge is 0.423 e. The van der Waals surface area contributed by atoms with Gasteiger partial charge in [0.25, 0.3) is 22.1 Å². The standard InChI is InChI=1S/C18H19BrN2O4S.C17H17BrN2O2/c1-12-10-13(4-3-9-24-26(2,22)23)17-16(11-12)21-18(25-17)20-15-7-5-14(19)6-8-15;1-11-9-12(3-2-8-21)16-15(10-11)20-17(22-16)19-14-6-4-13(18)5-7-14/h5-8,10-11H,3-4,9H2,1-2H3,(H,20,21);4-7,9-10,21H,2-3,8H2,1H3,(H,19,20). The number of halogens is 2.